The van der Waals surface area contributed by atoms with E-state index in [0.29, 0.717) is 25.3 Å². The fraction of sp³-hybridized carbons (Fsp3) is 0.500. The van der Waals surface area contributed by atoms with E-state index in [4.69, 9.17) is 0 Å². The van der Waals surface area contributed by atoms with E-state index in [9.17, 15) is 13.5 Å². The van der Waals surface area contributed by atoms with Crippen molar-refractivity contribution in [3.05, 3.63) is 18.3 Å². The molecule has 1 saturated heterocycles. The van der Waals surface area contributed by atoms with Gasteiger partial charge in [0.05, 0.1) is 6.10 Å². The van der Waals surface area contributed by atoms with Gasteiger partial charge >= 0.3 is 0 Å². The minimum atomic E-state index is -3.27. The van der Waals surface area contributed by atoms with E-state index in [-0.39, 0.29) is 4.90 Å². The van der Waals surface area contributed by atoms with Gasteiger partial charge in [-0.25, -0.2) is 13.4 Å². The normalized spacial score (nSPS) is 21.4. The lowest BCUT2D eigenvalue weighted by Crippen LogP contribution is -2.24. The predicted octanol–water partition coefficient (Wildman–Crippen LogP) is 0.0561. The molecule has 16 heavy (non-hydrogen) atoms. The Hall–Kier alpha value is -1.14. The van der Waals surface area contributed by atoms with Gasteiger partial charge in [0.25, 0.3) is 0 Å². The Morgan fingerprint density at radius 3 is 2.88 bits per heavy atom. The number of sulfone groups is 1. The molecule has 2 heterocycles. The molecular formula is C10H14N2O3S. The monoisotopic (exact) mass is 242 g/mol. The van der Waals surface area contributed by atoms with Gasteiger partial charge in [0.2, 0.25) is 0 Å². The SMILES string of the molecule is CS(=O)(=O)c1cccnc1N1CC[C@@H](O)C1. The maximum Gasteiger partial charge on any atom is 0.179 e. The van der Waals surface area contributed by atoms with Crippen molar-refractivity contribution in [2.75, 3.05) is 24.2 Å². The highest BCUT2D eigenvalue weighted by molar-refractivity contribution is 7.90. The van der Waals surface area contributed by atoms with Gasteiger partial charge in [-0.15, -0.1) is 0 Å². The van der Waals surface area contributed by atoms with Gasteiger partial charge in [0.15, 0.2) is 9.84 Å². The molecule has 5 nitrogen and oxygen atoms in total. The zero-order valence-electron chi connectivity index (χ0n) is 9.00. The standard InChI is InChI=1S/C10H14N2O3S/c1-16(14,15)9-3-2-5-11-10(9)12-6-4-8(13)7-12/h2-3,5,8,13H,4,6-7H2,1H3/t8-/m1/s1. The van der Waals surface area contributed by atoms with Gasteiger partial charge in [-0.05, 0) is 18.6 Å². The van der Waals surface area contributed by atoms with Crippen LogP contribution in [0.1, 0.15) is 6.42 Å². The number of rotatable bonds is 2. The van der Waals surface area contributed by atoms with Crippen LogP contribution in [-0.2, 0) is 9.84 Å². The van der Waals surface area contributed by atoms with Crippen LogP contribution in [-0.4, -0.2) is 44.0 Å². The van der Waals surface area contributed by atoms with E-state index < -0.39 is 15.9 Å². The van der Waals surface area contributed by atoms with Crippen molar-refractivity contribution >= 4 is 15.7 Å². The molecule has 1 fully saturated rings. The third-order valence-corrected chi connectivity index (χ3v) is 3.73. The van der Waals surface area contributed by atoms with Crippen molar-refractivity contribution in [2.24, 2.45) is 0 Å². The van der Waals surface area contributed by atoms with Crippen molar-refractivity contribution in [3.63, 3.8) is 0 Å². The molecule has 1 aromatic rings. The molecular weight excluding hydrogens is 228 g/mol. The Labute approximate surface area is 94.6 Å². The number of β-amino-alcohol motifs (C(OH)–C–C–N with tert-alkyl or cyclic N) is 1. The zero-order chi connectivity index (χ0) is 11.8. The number of pyridine rings is 1. The minimum absolute atomic E-state index is 0.226. The molecule has 0 aliphatic carbocycles. The van der Waals surface area contributed by atoms with Crippen LogP contribution in [0.3, 0.4) is 0 Å². The maximum absolute atomic E-state index is 11.6. The summed E-state index contributed by atoms with van der Waals surface area (Å²) < 4.78 is 23.1. The largest absolute Gasteiger partial charge is 0.391 e. The Balaban J connectivity index is 2.41. The summed E-state index contributed by atoms with van der Waals surface area (Å²) in [7, 11) is -3.27. The van der Waals surface area contributed by atoms with Gasteiger partial charge in [0, 0.05) is 25.5 Å². The molecule has 0 unspecified atom stereocenters. The molecule has 88 valence electrons. The lowest BCUT2D eigenvalue weighted by Gasteiger charge is -2.18. The first kappa shape index (κ1) is 11.3. The highest BCUT2D eigenvalue weighted by Gasteiger charge is 2.25. The highest BCUT2D eigenvalue weighted by atomic mass is 32.2. The number of hydrogen-bond donors (Lipinski definition) is 1. The average Bonchev–Trinajstić information content (AvgIpc) is 2.64. The van der Waals surface area contributed by atoms with Crippen molar-refractivity contribution in [3.8, 4) is 0 Å². The molecule has 0 radical (unpaired) electrons. The lowest BCUT2D eigenvalue weighted by atomic mass is 10.3. The molecule has 2 rings (SSSR count). The number of hydrogen-bond acceptors (Lipinski definition) is 5. The second-order valence-corrected chi connectivity index (χ2v) is 5.97. The molecule has 1 atom stereocenters. The Kier molecular flexibility index (Phi) is 2.86. The summed E-state index contributed by atoms with van der Waals surface area (Å²) in [6, 6.07) is 3.15. The summed E-state index contributed by atoms with van der Waals surface area (Å²) in [5.74, 6) is 0.446. The third kappa shape index (κ3) is 2.17. The summed E-state index contributed by atoms with van der Waals surface area (Å²) in [6.45, 7) is 1.08. The maximum atomic E-state index is 11.6. The first-order chi connectivity index (χ1) is 7.48. The quantitative estimate of drug-likeness (QED) is 0.794. The summed E-state index contributed by atoms with van der Waals surface area (Å²) in [4.78, 5) is 6.13. The van der Waals surface area contributed by atoms with Gasteiger partial charge in [-0.3, -0.25) is 0 Å². The van der Waals surface area contributed by atoms with Crippen LogP contribution < -0.4 is 4.90 Å². The van der Waals surface area contributed by atoms with Crippen molar-refractivity contribution in [2.45, 2.75) is 17.4 Å². The first-order valence-corrected chi connectivity index (χ1v) is 6.96. The van der Waals surface area contributed by atoms with Crippen molar-refractivity contribution in [1.29, 1.82) is 0 Å². The highest BCUT2D eigenvalue weighted by Crippen LogP contribution is 2.25. The van der Waals surface area contributed by atoms with Crippen molar-refractivity contribution in [1.82, 2.24) is 4.98 Å². The average molecular weight is 242 g/mol. The topological polar surface area (TPSA) is 70.5 Å². The zero-order valence-corrected chi connectivity index (χ0v) is 9.81. The molecule has 0 amide bonds. The van der Waals surface area contributed by atoms with E-state index >= 15 is 0 Å². The Morgan fingerprint density at radius 1 is 1.56 bits per heavy atom. The third-order valence-electron chi connectivity index (χ3n) is 2.61. The fourth-order valence-electron chi connectivity index (χ4n) is 1.84. The molecule has 1 N–H and O–H groups in total. The molecule has 0 aromatic carbocycles. The van der Waals surface area contributed by atoms with Gasteiger partial charge in [0.1, 0.15) is 10.7 Å². The van der Waals surface area contributed by atoms with Crippen LogP contribution in [0, 0.1) is 0 Å². The number of aliphatic hydroxyl groups is 1. The van der Waals surface area contributed by atoms with Crippen LogP contribution >= 0.6 is 0 Å². The van der Waals surface area contributed by atoms with Crippen LogP contribution in [0.4, 0.5) is 5.82 Å². The summed E-state index contributed by atoms with van der Waals surface area (Å²) in [5.41, 5.74) is 0. The molecule has 1 aromatic heterocycles. The molecule has 1 aliphatic rings. The number of aromatic nitrogens is 1. The van der Waals surface area contributed by atoms with E-state index in [1.54, 1.807) is 23.2 Å². The van der Waals surface area contributed by atoms with Gasteiger partial charge < -0.3 is 10.0 Å². The Morgan fingerprint density at radius 2 is 2.31 bits per heavy atom. The smallest absolute Gasteiger partial charge is 0.179 e. The number of aliphatic hydroxyl groups excluding tert-OH is 1. The van der Waals surface area contributed by atoms with Crippen LogP contribution in [0.2, 0.25) is 0 Å². The first-order valence-electron chi connectivity index (χ1n) is 5.06. The molecule has 0 spiro atoms. The van der Waals surface area contributed by atoms with Crippen LogP contribution in [0.15, 0.2) is 23.2 Å². The molecule has 0 bridgehead atoms. The molecule has 0 saturated carbocycles. The van der Waals surface area contributed by atoms with Crippen LogP contribution in [0.5, 0.6) is 0 Å². The number of anilines is 1. The summed E-state index contributed by atoms with van der Waals surface area (Å²) in [6.07, 6.45) is 2.99. The second kappa shape index (κ2) is 4.03. The molecule has 6 heteroatoms. The second-order valence-electron chi connectivity index (χ2n) is 3.99. The summed E-state index contributed by atoms with van der Waals surface area (Å²) in [5, 5.41) is 9.44. The predicted molar refractivity (Wildman–Crippen MR) is 60.2 cm³/mol. The fourth-order valence-corrected chi connectivity index (χ4v) is 2.68. The van der Waals surface area contributed by atoms with E-state index in [2.05, 4.69) is 4.98 Å². The van der Waals surface area contributed by atoms with Gasteiger partial charge in [-0.1, -0.05) is 0 Å². The van der Waals surface area contributed by atoms with E-state index in [0.717, 1.165) is 0 Å². The van der Waals surface area contributed by atoms with Crippen molar-refractivity contribution < 1.29 is 13.5 Å². The lowest BCUT2D eigenvalue weighted by molar-refractivity contribution is 0.198. The Bertz CT molecular complexity index is 487. The molecule has 1 aliphatic heterocycles. The van der Waals surface area contributed by atoms with E-state index in [1.807, 2.05) is 0 Å². The van der Waals surface area contributed by atoms with E-state index in [1.165, 1.54) is 6.26 Å². The minimum Gasteiger partial charge on any atom is -0.391 e. The number of nitrogens with zero attached hydrogens (tertiary/aromatic N) is 2. The summed E-state index contributed by atoms with van der Waals surface area (Å²) >= 11 is 0. The van der Waals surface area contributed by atoms with Crippen LogP contribution in [0.25, 0.3) is 0 Å². The van der Waals surface area contributed by atoms with Gasteiger partial charge in [-0.2, -0.15) is 0 Å².